The molecule has 9 heteroatoms. The minimum Gasteiger partial charge on any atom is -0.457 e. The Morgan fingerprint density at radius 2 is 1.61 bits per heavy atom. The normalized spacial score (nSPS) is 17.3. The van der Waals surface area contributed by atoms with E-state index < -0.39 is 0 Å². The van der Waals surface area contributed by atoms with Crippen molar-refractivity contribution in [2.75, 3.05) is 5.73 Å². The van der Waals surface area contributed by atoms with Gasteiger partial charge in [-0.3, -0.25) is 9.78 Å². The second-order valence-corrected chi connectivity index (χ2v) is 9.40. The molecular weight excluding hydrogens is 478 g/mol. The summed E-state index contributed by atoms with van der Waals surface area (Å²) in [6, 6.07) is 21.2. The van der Waals surface area contributed by atoms with Crippen molar-refractivity contribution in [2.24, 2.45) is 0 Å². The highest BCUT2D eigenvalue weighted by molar-refractivity contribution is 5.98. The standard InChI is InChI=1S/C29H27N7O2/c30-27-25-26(19-6-12-24(13-7-19)38-23-4-2-1-3-5-23)35-36(28(25)33-18-32-27)22-10-8-21(9-11-22)34-29(37)20-14-16-31-17-15-20/h1-7,12-18,21-22H,8-11H2,(H,34,37)(H2,30,32,33)/t21-,22-. The van der Waals surface area contributed by atoms with Gasteiger partial charge in [0.2, 0.25) is 0 Å². The number of fused-ring (bicyclic) bond motifs is 1. The molecule has 2 aromatic carbocycles. The second-order valence-electron chi connectivity index (χ2n) is 9.40. The molecule has 0 aliphatic heterocycles. The Morgan fingerprint density at radius 3 is 2.34 bits per heavy atom. The van der Waals surface area contributed by atoms with Gasteiger partial charge in [0, 0.05) is 29.6 Å². The number of nitrogens with two attached hydrogens (primary N) is 1. The molecule has 3 aromatic heterocycles. The molecule has 1 amide bonds. The number of para-hydroxylation sites is 1. The Balaban J connectivity index is 1.21. The number of carbonyl (C=O) groups excluding carboxylic acids is 1. The molecule has 0 saturated heterocycles. The first-order valence-corrected chi connectivity index (χ1v) is 12.7. The summed E-state index contributed by atoms with van der Waals surface area (Å²) in [5.41, 5.74) is 9.33. The lowest BCUT2D eigenvalue weighted by Gasteiger charge is -2.29. The number of nitrogens with zero attached hydrogens (tertiary/aromatic N) is 5. The number of amides is 1. The van der Waals surface area contributed by atoms with E-state index in [1.165, 1.54) is 6.33 Å². The summed E-state index contributed by atoms with van der Waals surface area (Å²) < 4.78 is 7.92. The second kappa shape index (κ2) is 10.3. The lowest BCUT2D eigenvalue weighted by molar-refractivity contribution is 0.0922. The number of anilines is 1. The molecule has 0 radical (unpaired) electrons. The zero-order valence-electron chi connectivity index (χ0n) is 20.7. The number of pyridine rings is 1. The number of hydrogen-bond acceptors (Lipinski definition) is 7. The molecule has 3 N–H and O–H groups in total. The maximum Gasteiger partial charge on any atom is 0.251 e. The van der Waals surface area contributed by atoms with Gasteiger partial charge in [0.25, 0.3) is 5.91 Å². The van der Waals surface area contributed by atoms with Gasteiger partial charge in [0.15, 0.2) is 5.65 Å². The van der Waals surface area contributed by atoms with Gasteiger partial charge < -0.3 is 15.8 Å². The van der Waals surface area contributed by atoms with E-state index >= 15 is 0 Å². The first-order valence-electron chi connectivity index (χ1n) is 12.7. The molecule has 0 bridgehead atoms. The van der Waals surface area contributed by atoms with Crippen LogP contribution in [0.2, 0.25) is 0 Å². The molecule has 5 aromatic rings. The highest BCUT2D eigenvalue weighted by atomic mass is 16.5. The molecule has 1 aliphatic carbocycles. The number of carbonyl (C=O) groups is 1. The highest BCUT2D eigenvalue weighted by Crippen LogP contribution is 2.36. The van der Waals surface area contributed by atoms with Gasteiger partial charge in [0.05, 0.1) is 11.4 Å². The van der Waals surface area contributed by atoms with Crippen molar-refractivity contribution >= 4 is 22.8 Å². The first kappa shape index (κ1) is 23.6. The van der Waals surface area contributed by atoms with Crippen molar-refractivity contribution in [3.05, 3.63) is 91.0 Å². The first-order chi connectivity index (χ1) is 18.7. The number of benzene rings is 2. The Hall–Kier alpha value is -4.79. The van der Waals surface area contributed by atoms with Gasteiger partial charge in [-0.25, -0.2) is 14.6 Å². The molecule has 1 saturated carbocycles. The average Bonchev–Trinajstić information content (AvgIpc) is 3.36. The molecular formula is C29H27N7O2. The molecule has 6 rings (SSSR count). The van der Waals surface area contributed by atoms with Gasteiger partial charge in [0.1, 0.15) is 29.3 Å². The van der Waals surface area contributed by atoms with Crippen LogP contribution in [0.3, 0.4) is 0 Å². The SMILES string of the molecule is Nc1ncnc2c1c(-c1ccc(Oc3ccccc3)cc1)nn2[C@H]1CC[C@H](NC(=O)c2ccncc2)CC1. The minimum atomic E-state index is -0.0668. The number of hydrogen-bond donors (Lipinski definition) is 2. The van der Waals surface area contributed by atoms with Crippen LogP contribution < -0.4 is 15.8 Å². The molecule has 1 aliphatic rings. The summed E-state index contributed by atoms with van der Waals surface area (Å²) in [5, 5.41) is 8.89. The van der Waals surface area contributed by atoms with Gasteiger partial charge in [-0.1, -0.05) is 18.2 Å². The predicted octanol–water partition coefficient (Wildman–Crippen LogP) is 5.18. The summed E-state index contributed by atoms with van der Waals surface area (Å²) in [7, 11) is 0. The number of aromatic nitrogens is 5. The van der Waals surface area contributed by atoms with Gasteiger partial charge in [-0.2, -0.15) is 5.10 Å². The average molecular weight is 506 g/mol. The topological polar surface area (TPSA) is 121 Å². The Kier molecular flexibility index (Phi) is 6.39. The third-order valence-electron chi connectivity index (χ3n) is 6.95. The molecule has 3 heterocycles. The van der Waals surface area contributed by atoms with Crippen molar-refractivity contribution in [1.82, 2.24) is 30.0 Å². The highest BCUT2D eigenvalue weighted by Gasteiger charge is 2.28. The van der Waals surface area contributed by atoms with E-state index in [4.69, 9.17) is 15.6 Å². The fraction of sp³-hybridized carbons (Fsp3) is 0.207. The molecule has 0 atom stereocenters. The van der Waals surface area contributed by atoms with Crippen LogP contribution in [0.4, 0.5) is 5.82 Å². The molecule has 9 nitrogen and oxygen atoms in total. The molecule has 38 heavy (non-hydrogen) atoms. The largest absolute Gasteiger partial charge is 0.457 e. The Labute approximate surface area is 219 Å². The van der Waals surface area contributed by atoms with Crippen molar-refractivity contribution in [1.29, 1.82) is 0 Å². The van der Waals surface area contributed by atoms with E-state index in [1.54, 1.807) is 24.5 Å². The number of nitrogens with one attached hydrogen (secondary N) is 1. The van der Waals surface area contributed by atoms with Crippen LogP contribution in [0, 0.1) is 0 Å². The zero-order valence-corrected chi connectivity index (χ0v) is 20.7. The number of rotatable bonds is 6. The van der Waals surface area contributed by atoms with E-state index in [-0.39, 0.29) is 18.0 Å². The van der Waals surface area contributed by atoms with Crippen molar-refractivity contribution < 1.29 is 9.53 Å². The van der Waals surface area contributed by atoms with Crippen LogP contribution >= 0.6 is 0 Å². The molecule has 190 valence electrons. The minimum absolute atomic E-state index is 0.0668. The third-order valence-corrected chi connectivity index (χ3v) is 6.95. The van der Waals surface area contributed by atoms with E-state index in [9.17, 15) is 4.79 Å². The van der Waals surface area contributed by atoms with Gasteiger partial charge in [-0.15, -0.1) is 0 Å². The maximum atomic E-state index is 12.6. The summed E-state index contributed by atoms with van der Waals surface area (Å²) >= 11 is 0. The summed E-state index contributed by atoms with van der Waals surface area (Å²) in [6.07, 6.45) is 8.18. The Morgan fingerprint density at radius 1 is 0.895 bits per heavy atom. The van der Waals surface area contributed by atoms with Crippen molar-refractivity contribution in [3.63, 3.8) is 0 Å². The van der Waals surface area contributed by atoms with Crippen LogP contribution in [-0.4, -0.2) is 36.7 Å². The van der Waals surface area contributed by atoms with Crippen LogP contribution in [0.15, 0.2) is 85.5 Å². The quantitative estimate of drug-likeness (QED) is 0.326. The van der Waals surface area contributed by atoms with Crippen LogP contribution in [0.5, 0.6) is 11.5 Å². The third kappa shape index (κ3) is 4.78. The molecule has 0 spiro atoms. The summed E-state index contributed by atoms with van der Waals surface area (Å²) in [5.74, 6) is 1.85. The van der Waals surface area contributed by atoms with Crippen molar-refractivity contribution in [2.45, 2.75) is 37.8 Å². The maximum absolute atomic E-state index is 12.6. The zero-order chi connectivity index (χ0) is 25.9. The monoisotopic (exact) mass is 505 g/mol. The van der Waals surface area contributed by atoms with Crippen LogP contribution in [0.1, 0.15) is 42.1 Å². The van der Waals surface area contributed by atoms with Crippen LogP contribution in [0.25, 0.3) is 22.3 Å². The molecule has 1 fully saturated rings. The molecule has 0 unspecified atom stereocenters. The fourth-order valence-corrected chi connectivity index (χ4v) is 4.99. The van der Waals surface area contributed by atoms with E-state index in [0.717, 1.165) is 59.5 Å². The number of ether oxygens (including phenoxy) is 1. The van der Waals surface area contributed by atoms with E-state index in [0.29, 0.717) is 11.4 Å². The lowest BCUT2D eigenvalue weighted by Crippen LogP contribution is -2.38. The van der Waals surface area contributed by atoms with E-state index in [1.807, 2.05) is 59.3 Å². The fourth-order valence-electron chi connectivity index (χ4n) is 4.99. The van der Waals surface area contributed by atoms with E-state index in [2.05, 4.69) is 20.3 Å². The number of nitrogen functional groups attached to an aromatic ring is 1. The summed E-state index contributed by atoms with van der Waals surface area (Å²) in [6.45, 7) is 0. The Bertz CT molecular complexity index is 1550. The van der Waals surface area contributed by atoms with Crippen molar-refractivity contribution in [3.8, 4) is 22.8 Å². The predicted molar refractivity (Wildman–Crippen MR) is 145 cm³/mol. The lowest BCUT2D eigenvalue weighted by atomic mass is 9.91. The van der Waals surface area contributed by atoms with Crippen LogP contribution in [-0.2, 0) is 0 Å². The smallest absolute Gasteiger partial charge is 0.251 e. The van der Waals surface area contributed by atoms with Gasteiger partial charge >= 0.3 is 0 Å². The van der Waals surface area contributed by atoms with Gasteiger partial charge in [-0.05, 0) is 74.2 Å². The summed E-state index contributed by atoms with van der Waals surface area (Å²) in [4.78, 5) is 25.3.